The van der Waals surface area contributed by atoms with Gasteiger partial charge in [-0.3, -0.25) is 4.98 Å². The average Bonchev–Trinajstić information content (AvgIpc) is 2.30. The van der Waals surface area contributed by atoms with Crippen LogP contribution in [0, 0.1) is 0 Å². The van der Waals surface area contributed by atoms with Crippen LogP contribution in [0.4, 0.5) is 0 Å². The maximum absolute atomic E-state index is 5.83. The van der Waals surface area contributed by atoms with Crippen LogP contribution in [0.5, 0.6) is 5.75 Å². The maximum atomic E-state index is 5.83. The quantitative estimate of drug-likeness (QED) is 0.765. The highest BCUT2D eigenvalue weighted by Gasteiger charge is 2.02. The van der Waals surface area contributed by atoms with E-state index in [2.05, 4.69) is 9.97 Å². The summed E-state index contributed by atoms with van der Waals surface area (Å²) in [6.07, 6.45) is 3.42. The molecule has 0 N–H and O–H groups in total. The van der Waals surface area contributed by atoms with Gasteiger partial charge in [0.15, 0.2) is 0 Å². The van der Waals surface area contributed by atoms with Gasteiger partial charge in [-0.05, 0) is 25.1 Å². The summed E-state index contributed by atoms with van der Waals surface area (Å²) >= 11 is 5.83. The second-order valence-corrected chi connectivity index (χ2v) is 3.58. The minimum absolute atomic E-state index is 0.472. The summed E-state index contributed by atoms with van der Waals surface area (Å²) in [6, 6.07) is 7.39. The van der Waals surface area contributed by atoms with Crippen LogP contribution in [-0.2, 0) is 0 Å². The van der Waals surface area contributed by atoms with E-state index in [0.717, 1.165) is 17.0 Å². The topological polar surface area (TPSA) is 35.0 Å². The Balaban J connectivity index is 2.36. The first kappa shape index (κ1) is 10.9. The number of hydrogen-bond donors (Lipinski definition) is 0. The van der Waals surface area contributed by atoms with Gasteiger partial charge < -0.3 is 4.74 Å². The average molecular weight is 235 g/mol. The Kier molecular flexibility index (Phi) is 3.37. The monoisotopic (exact) mass is 234 g/mol. The Morgan fingerprint density at radius 3 is 2.94 bits per heavy atom. The van der Waals surface area contributed by atoms with Crippen molar-refractivity contribution in [3.63, 3.8) is 0 Å². The fraction of sp³-hybridized carbons (Fsp3) is 0.167. The summed E-state index contributed by atoms with van der Waals surface area (Å²) in [7, 11) is 0. The van der Waals surface area contributed by atoms with Gasteiger partial charge in [0.1, 0.15) is 10.9 Å². The molecule has 3 nitrogen and oxygen atoms in total. The molecule has 0 unspecified atom stereocenters. The summed E-state index contributed by atoms with van der Waals surface area (Å²) in [6.45, 7) is 2.55. The molecule has 0 amide bonds. The molecule has 16 heavy (non-hydrogen) atoms. The van der Waals surface area contributed by atoms with Crippen LogP contribution in [0.1, 0.15) is 6.92 Å². The number of pyridine rings is 2. The van der Waals surface area contributed by atoms with Gasteiger partial charge in [-0.15, -0.1) is 0 Å². The highest BCUT2D eigenvalue weighted by Crippen LogP contribution is 2.21. The number of aromatic nitrogens is 2. The molecule has 2 rings (SSSR count). The largest absolute Gasteiger partial charge is 0.492 e. The van der Waals surface area contributed by atoms with Gasteiger partial charge in [0, 0.05) is 11.8 Å². The SMILES string of the molecule is CCOc1cncc(-c2cccc(Cl)n2)c1. The Bertz CT molecular complexity index is 488. The van der Waals surface area contributed by atoms with Crippen molar-refractivity contribution in [3.8, 4) is 17.0 Å². The van der Waals surface area contributed by atoms with Gasteiger partial charge in [0.2, 0.25) is 0 Å². The molecule has 2 heterocycles. The van der Waals surface area contributed by atoms with E-state index in [0.29, 0.717) is 11.8 Å². The molecule has 4 heteroatoms. The molecule has 0 atom stereocenters. The Morgan fingerprint density at radius 2 is 2.19 bits per heavy atom. The fourth-order valence-electron chi connectivity index (χ4n) is 1.37. The molecule has 0 aliphatic heterocycles. The third-order valence-electron chi connectivity index (χ3n) is 2.04. The molecule has 0 aliphatic carbocycles. The van der Waals surface area contributed by atoms with E-state index in [4.69, 9.17) is 16.3 Å². The van der Waals surface area contributed by atoms with E-state index in [1.54, 1.807) is 18.5 Å². The van der Waals surface area contributed by atoms with Gasteiger partial charge in [-0.2, -0.15) is 0 Å². The number of nitrogens with zero attached hydrogens (tertiary/aromatic N) is 2. The van der Waals surface area contributed by atoms with Gasteiger partial charge >= 0.3 is 0 Å². The first-order chi connectivity index (χ1) is 7.79. The highest BCUT2D eigenvalue weighted by atomic mass is 35.5. The Labute approximate surface area is 99.1 Å². The summed E-state index contributed by atoms with van der Waals surface area (Å²) < 4.78 is 5.37. The second-order valence-electron chi connectivity index (χ2n) is 3.19. The fourth-order valence-corrected chi connectivity index (χ4v) is 1.54. The lowest BCUT2D eigenvalue weighted by Gasteiger charge is -2.05. The zero-order valence-electron chi connectivity index (χ0n) is 8.85. The van der Waals surface area contributed by atoms with Crippen LogP contribution in [0.3, 0.4) is 0 Å². The third-order valence-corrected chi connectivity index (χ3v) is 2.25. The predicted octanol–water partition coefficient (Wildman–Crippen LogP) is 3.20. The molecule has 0 aromatic carbocycles. The number of ether oxygens (including phenoxy) is 1. The van der Waals surface area contributed by atoms with E-state index >= 15 is 0 Å². The Hall–Kier alpha value is -1.61. The van der Waals surface area contributed by atoms with E-state index in [-0.39, 0.29) is 0 Å². The first-order valence-corrected chi connectivity index (χ1v) is 5.38. The third kappa shape index (κ3) is 2.49. The molecular formula is C12H11ClN2O. The molecule has 0 radical (unpaired) electrons. The van der Waals surface area contributed by atoms with E-state index in [9.17, 15) is 0 Å². The number of halogens is 1. The van der Waals surface area contributed by atoms with Crippen molar-refractivity contribution in [1.82, 2.24) is 9.97 Å². The molecule has 0 saturated carbocycles. The van der Waals surface area contributed by atoms with Crippen molar-refractivity contribution in [3.05, 3.63) is 41.8 Å². The molecule has 0 aliphatic rings. The molecule has 82 valence electrons. The first-order valence-electron chi connectivity index (χ1n) is 5.00. The van der Waals surface area contributed by atoms with E-state index in [1.807, 2.05) is 25.1 Å². The molecule has 2 aromatic rings. The lowest BCUT2D eigenvalue weighted by Crippen LogP contribution is -1.93. The highest BCUT2D eigenvalue weighted by molar-refractivity contribution is 6.29. The summed E-state index contributed by atoms with van der Waals surface area (Å²) in [5.41, 5.74) is 1.69. The molecule has 0 bridgehead atoms. The molecule has 2 aromatic heterocycles. The standard InChI is InChI=1S/C12H11ClN2O/c1-2-16-10-6-9(7-14-8-10)11-4-3-5-12(13)15-11/h3-8H,2H2,1H3. The van der Waals surface area contributed by atoms with Crippen molar-refractivity contribution in [1.29, 1.82) is 0 Å². The normalized spacial score (nSPS) is 10.1. The van der Waals surface area contributed by atoms with Gasteiger partial charge in [-0.25, -0.2) is 4.98 Å². The van der Waals surface area contributed by atoms with Crippen LogP contribution in [0.15, 0.2) is 36.7 Å². The van der Waals surface area contributed by atoms with Crippen molar-refractivity contribution in [2.75, 3.05) is 6.61 Å². The molecule has 0 fully saturated rings. The minimum atomic E-state index is 0.472. The van der Waals surface area contributed by atoms with Crippen molar-refractivity contribution >= 4 is 11.6 Å². The van der Waals surface area contributed by atoms with E-state index in [1.165, 1.54) is 0 Å². The van der Waals surface area contributed by atoms with Crippen molar-refractivity contribution in [2.24, 2.45) is 0 Å². The molecule has 0 spiro atoms. The molecular weight excluding hydrogens is 224 g/mol. The van der Waals surface area contributed by atoms with Crippen LogP contribution in [0.2, 0.25) is 5.15 Å². The predicted molar refractivity (Wildman–Crippen MR) is 63.6 cm³/mol. The van der Waals surface area contributed by atoms with Gasteiger partial charge in [0.25, 0.3) is 0 Å². The van der Waals surface area contributed by atoms with Crippen LogP contribution >= 0.6 is 11.6 Å². The smallest absolute Gasteiger partial charge is 0.138 e. The lowest BCUT2D eigenvalue weighted by molar-refractivity contribution is 0.339. The second kappa shape index (κ2) is 4.94. The van der Waals surface area contributed by atoms with Crippen LogP contribution in [0.25, 0.3) is 11.3 Å². The lowest BCUT2D eigenvalue weighted by atomic mass is 10.2. The van der Waals surface area contributed by atoms with Gasteiger partial charge in [-0.1, -0.05) is 17.7 Å². The zero-order chi connectivity index (χ0) is 11.4. The summed E-state index contributed by atoms with van der Waals surface area (Å²) in [5, 5.41) is 0.472. The maximum Gasteiger partial charge on any atom is 0.138 e. The minimum Gasteiger partial charge on any atom is -0.492 e. The van der Waals surface area contributed by atoms with Crippen LogP contribution < -0.4 is 4.74 Å². The summed E-state index contributed by atoms with van der Waals surface area (Å²) in [5.74, 6) is 0.738. The zero-order valence-corrected chi connectivity index (χ0v) is 9.61. The number of hydrogen-bond acceptors (Lipinski definition) is 3. The van der Waals surface area contributed by atoms with Crippen molar-refractivity contribution < 1.29 is 4.74 Å². The van der Waals surface area contributed by atoms with Crippen LogP contribution in [-0.4, -0.2) is 16.6 Å². The van der Waals surface area contributed by atoms with Gasteiger partial charge in [0.05, 0.1) is 18.5 Å². The molecule has 0 saturated heterocycles. The van der Waals surface area contributed by atoms with Crippen molar-refractivity contribution in [2.45, 2.75) is 6.92 Å². The summed E-state index contributed by atoms with van der Waals surface area (Å²) in [4.78, 5) is 8.32. The van der Waals surface area contributed by atoms with E-state index < -0.39 is 0 Å². The Morgan fingerprint density at radius 1 is 1.31 bits per heavy atom. The number of rotatable bonds is 3.